The SMILES string of the molecule is COc1cccc2cc(C(=O)NC(C)=O)c(=Nc3cccc(C(F)(F)F)c3)oc12. The van der Waals surface area contributed by atoms with Gasteiger partial charge in [0.25, 0.3) is 5.91 Å². The number of amides is 2. The van der Waals surface area contributed by atoms with E-state index in [2.05, 4.69) is 10.3 Å². The third kappa shape index (κ3) is 4.45. The smallest absolute Gasteiger partial charge is 0.416 e. The predicted octanol–water partition coefficient (Wildman–Crippen LogP) is 3.97. The third-order valence-electron chi connectivity index (χ3n) is 3.90. The van der Waals surface area contributed by atoms with Crippen molar-refractivity contribution in [2.75, 3.05) is 7.11 Å². The van der Waals surface area contributed by atoms with Crippen molar-refractivity contribution in [3.8, 4) is 5.75 Å². The van der Waals surface area contributed by atoms with Crippen LogP contribution in [0.5, 0.6) is 5.75 Å². The Morgan fingerprint density at radius 3 is 2.48 bits per heavy atom. The highest BCUT2D eigenvalue weighted by atomic mass is 19.4. The topological polar surface area (TPSA) is 80.9 Å². The van der Waals surface area contributed by atoms with Gasteiger partial charge in [-0.25, -0.2) is 4.99 Å². The second-order valence-electron chi connectivity index (χ2n) is 6.01. The number of fused-ring (bicyclic) bond motifs is 1. The van der Waals surface area contributed by atoms with E-state index in [1.165, 1.54) is 25.3 Å². The Hall–Kier alpha value is -3.62. The fourth-order valence-electron chi connectivity index (χ4n) is 2.63. The quantitative estimate of drug-likeness (QED) is 0.716. The van der Waals surface area contributed by atoms with E-state index in [0.717, 1.165) is 19.1 Å². The molecule has 150 valence electrons. The van der Waals surface area contributed by atoms with Crippen molar-refractivity contribution in [1.82, 2.24) is 5.32 Å². The second kappa shape index (κ2) is 7.78. The zero-order valence-electron chi connectivity index (χ0n) is 15.3. The standard InChI is InChI=1S/C20H15F3N2O4/c1-11(26)24-18(27)15-9-12-5-3-8-16(28-2)17(12)29-19(15)25-14-7-4-6-13(10-14)20(21,22)23/h3-10H,1-2H3,(H,24,26,27). The molecule has 6 nitrogen and oxygen atoms in total. The Morgan fingerprint density at radius 1 is 1.10 bits per heavy atom. The van der Waals surface area contributed by atoms with Crippen molar-refractivity contribution < 1.29 is 31.9 Å². The Labute approximate surface area is 162 Å². The van der Waals surface area contributed by atoms with Crippen LogP contribution in [-0.4, -0.2) is 18.9 Å². The molecule has 1 heterocycles. The maximum atomic E-state index is 13.0. The first kappa shape index (κ1) is 20.1. The third-order valence-corrected chi connectivity index (χ3v) is 3.90. The highest BCUT2D eigenvalue weighted by Gasteiger charge is 2.30. The summed E-state index contributed by atoms with van der Waals surface area (Å²) < 4.78 is 49.9. The number of nitrogens with one attached hydrogen (secondary N) is 1. The average molecular weight is 404 g/mol. The Kier molecular flexibility index (Phi) is 5.40. The summed E-state index contributed by atoms with van der Waals surface area (Å²) in [5.41, 5.74) is -1.10. The van der Waals surface area contributed by atoms with Crippen LogP contribution in [0.2, 0.25) is 0 Å². The normalized spacial score (nSPS) is 12.1. The molecule has 0 unspecified atom stereocenters. The lowest BCUT2D eigenvalue weighted by Crippen LogP contribution is -2.32. The van der Waals surface area contributed by atoms with E-state index in [0.29, 0.717) is 11.1 Å². The number of methoxy groups -OCH3 is 1. The molecule has 3 rings (SSSR count). The van der Waals surface area contributed by atoms with Crippen molar-refractivity contribution >= 4 is 28.5 Å². The number of ether oxygens (including phenoxy) is 1. The van der Waals surface area contributed by atoms with E-state index >= 15 is 0 Å². The monoisotopic (exact) mass is 404 g/mol. The summed E-state index contributed by atoms with van der Waals surface area (Å²) in [5.74, 6) is -1.05. The number of para-hydroxylation sites is 1. The van der Waals surface area contributed by atoms with E-state index in [9.17, 15) is 22.8 Å². The van der Waals surface area contributed by atoms with Gasteiger partial charge >= 0.3 is 6.18 Å². The summed E-state index contributed by atoms with van der Waals surface area (Å²) >= 11 is 0. The Morgan fingerprint density at radius 2 is 1.83 bits per heavy atom. The van der Waals surface area contributed by atoms with E-state index in [1.54, 1.807) is 18.2 Å². The van der Waals surface area contributed by atoms with Crippen LogP contribution < -0.4 is 15.6 Å². The molecular weight excluding hydrogens is 389 g/mol. The molecule has 0 aliphatic carbocycles. The largest absolute Gasteiger partial charge is 0.493 e. The molecule has 0 saturated heterocycles. The number of hydrogen-bond donors (Lipinski definition) is 1. The van der Waals surface area contributed by atoms with Gasteiger partial charge in [-0.1, -0.05) is 18.2 Å². The molecular formula is C20H15F3N2O4. The first-order chi connectivity index (χ1) is 13.7. The number of nitrogens with zero attached hydrogens (tertiary/aromatic N) is 1. The van der Waals surface area contributed by atoms with Crippen molar-refractivity contribution in [3.05, 3.63) is 65.2 Å². The number of imide groups is 1. The van der Waals surface area contributed by atoms with Crippen LogP contribution in [0.25, 0.3) is 11.0 Å². The molecule has 2 amide bonds. The first-order valence-corrected chi connectivity index (χ1v) is 8.34. The molecule has 0 fully saturated rings. The van der Waals surface area contributed by atoms with Gasteiger partial charge in [-0.2, -0.15) is 13.2 Å². The molecule has 1 N–H and O–H groups in total. The Balaban J connectivity index is 2.27. The lowest BCUT2D eigenvalue weighted by Gasteiger charge is -2.08. The van der Waals surface area contributed by atoms with Gasteiger partial charge in [0, 0.05) is 12.3 Å². The van der Waals surface area contributed by atoms with Gasteiger partial charge in [0.05, 0.1) is 18.4 Å². The molecule has 29 heavy (non-hydrogen) atoms. The average Bonchev–Trinajstić information content (AvgIpc) is 2.66. The minimum absolute atomic E-state index is 0.0744. The molecule has 2 aromatic carbocycles. The van der Waals surface area contributed by atoms with Crippen LogP contribution in [0.4, 0.5) is 18.9 Å². The highest BCUT2D eigenvalue weighted by Crippen LogP contribution is 2.31. The lowest BCUT2D eigenvalue weighted by molar-refractivity contribution is -0.137. The van der Waals surface area contributed by atoms with E-state index in [-0.39, 0.29) is 22.4 Å². The molecule has 0 radical (unpaired) electrons. The highest BCUT2D eigenvalue weighted by molar-refractivity contribution is 6.05. The van der Waals surface area contributed by atoms with Gasteiger partial charge in [0.15, 0.2) is 11.3 Å². The van der Waals surface area contributed by atoms with Crippen LogP contribution in [0.15, 0.2) is 57.9 Å². The van der Waals surface area contributed by atoms with Crippen LogP contribution in [0, 0.1) is 0 Å². The van der Waals surface area contributed by atoms with Crippen LogP contribution >= 0.6 is 0 Å². The number of carbonyl (C=O) groups is 2. The van der Waals surface area contributed by atoms with Crippen molar-refractivity contribution in [3.63, 3.8) is 0 Å². The molecule has 3 aromatic rings. The minimum atomic E-state index is -4.55. The van der Waals surface area contributed by atoms with Crippen molar-refractivity contribution in [1.29, 1.82) is 0 Å². The van der Waals surface area contributed by atoms with E-state index < -0.39 is 23.6 Å². The molecule has 0 atom stereocenters. The molecule has 0 bridgehead atoms. The fourth-order valence-corrected chi connectivity index (χ4v) is 2.63. The molecule has 0 spiro atoms. The van der Waals surface area contributed by atoms with Gasteiger partial charge in [-0.3, -0.25) is 14.9 Å². The Bertz CT molecular complexity index is 1170. The summed E-state index contributed by atoms with van der Waals surface area (Å²) in [4.78, 5) is 27.8. The van der Waals surface area contributed by atoms with Gasteiger partial charge in [-0.05, 0) is 30.3 Å². The first-order valence-electron chi connectivity index (χ1n) is 8.34. The van der Waals surface area contributed by atoms with Crippen LogP contribution in [0.3, 0.4) is 0 Å². The van der Waals surface area contributed by atoms with Crippen LogP contribution in [0.1, 0.15) is 22.8 Å². The predicted molar refractivity (Wildman–Crippen MR) is 97.6 cm³/mol. The summed E-state index contributed by atoms with van der Waals surface area (Å²) in [7, 11) is 1.42. The molecule has 0 aliphatic heterocycles. The van der Waals surface area contributed by atoms with Gasteiger partial charge in [0.2, 0.25) is 11.5 Å². The second-order valence-corrected chi connectivity index (χ2v) is 6.01. The fraction of sp³-hybridized carbons (Fsp3) is 0.150. The van der Waals surface area contributed by atoms with Gasteiger partial charge < -0.3 is 9.15 Å². The van der Waals surface area contributed by atoms with Crippen molar-refractivity contribution in [2.24, 2.45) is 4.99 Å². The summed E-state index contributed by atoms with van der Waals surface area (Å²) in [6, 6.07) is 10.6. The molecule has 0 aliphatic rings. The molecule has 9 heteroatoms. The van der Waals surface area contributed by atoms with E-state index in [1.807, 2.05) is 0 Å². The number of carbonyl (C=O) groups excluding carboxylic acids is 2. The number of halogens is 3. The van der Waals surface area contributed by atoms with Crippen molar-refractivity contribution in [2.45, 2.75) is 13.1 Å². The maximum Gasteiger partial charge on any atom is 0.416 e. The summed E-state index contributed by atoms with van der Waals surface area (Å²) in [6.45, 7) is 1.16. The minimum Gasteiger partial charge on any atom is -0.493 e. The number of alkyl halides is 3. The zero-order chi connectivity index (χ0) is 21.2. The van der Waals surface area contributed by atoms with E-state index in [4.69, 9.17) is 9.15 Å². The summed E-state index contributed by atoms with van der Waals surface area (Å²) in [6.07, 6.45) is -4.55. The number of benzene rings is 2. The number of rotatable bonds is 3. The lowest BCUT2D eigenvalue weighted by atomic mass is 10.1. The zero-order valence-corrected chi connectivity index (χ0v) is 15.3. The van der Waals surface area contributed by atoms with Gasteiger partial charge in [0.1, 0.15) is 5.56 Å². The maximum absolute atomic E-state index is 13.0. The molecule has 1 aromatic heterocycles. The molecule has 0 saturated carbocycles. The van der Waals surface area contributed by atoms with Crippen LogP contribution in [-0.2, 0) is 11.0 Å². The van der Waals surface area contributed by atoms with Gasteiger partial charge in [-0.15, -0.1) is 0 Å². The summed E-state index contributed by atoms with van der Waals surface area (Å²) in [5, 5.41) is 2.59. The number of hydrogen-bond acceptors (Lipinski definition) is 5.